The maximum absolute atomic E-state index is 11.8. The van der Waals surface area contributed by atoms with Crippen LogP contribution in [0.3, 0.4) is 0 Å². The predicted molar refractivity (Wildman–Crippen MR) is 61.4 cm³/mol. The average Bonchev–Trinajstić information content (AvgIpc) is 2.19. The second kappa shape index (κ2) is 5.29. The number of aromatic nitrogens is 1. The van der Waals surface area contributed by atoms with Gasteiger partial charge in [-0.25, -0.2) is 4.98 Å². The average molecular weight is 204 g/mol. The van der Waals surface area contributed by atoms with E-state index in [0.29, 0.717) is 12.2 Å². The Labute approximate surface area is 90.0 Å². The normalized spacial score (nSPS) is 11.5. The number of ketones is 1. The van der Waals surface area contributed by atoms with Gasteiger partial charge in [0.1, 0.15) is 5.82 Å². The number of allylic oxidation sites excluding steroid dienone is 2. The van der Waals surface area contributed by atoms with Crippen molar-refractivity contribution in [2.24, 2.45) is 0 Å². The molecule has 0 atom stereocenters. The highest BCUT2D eigenvalue weighted by Gasteiger charge is 2.07. The number of nitrogens with zero attached hydrogens (tertiary/aromatic N) is 1. The summed E-state index contributed by atoms with van der Waals surface area (Å²) in [7, 11) is 0. The molecule has 3 nitrogen and oxygen atoms in total. The van der Waals surface area contributed by atoms with Gasteiger partial charge >= 0.3 is 0 Å². The molecule has 1 heterocycles. The molecule has 0 aliphatic rings. The molecular formula is C12H16N2O. The Hall–Kier alpha value is -1.64. The van der Waals surface area contributed by atoms with Crippen LogP contribution in [0.1, 0.15) is 25.8 Å². The fourth-order valence-corrected chi connectivity index (χ4v) is 1.47. The minimum Gasteiger partial charge on any atom is -0.384 e. The van der Waals surface area contributed by atoms with Crippen molar-refractivity contribution in [2.75, 3.05) is 5.73 Å². The molecular weight excluding hydrogens is 188 g/mol. The third-order valence-electron chi connectivity index (χ3n) is 2.30. The maximum Gasteiger partial charge on any atom is 0.162 e. The lowest BCUT2D eigenvalue weighted by atomic mass is 10.0. The Bertz CT molecular complexity index is 383. The lowest BCUT2D eigenvalue weighted by Gasteiger charge is -2.03. The summed E-state index contributed by atoms with van der Waals surface area (Å²) in [5, 5.41) is 0. The number of Topliss-reactive ketones (excluding diaryl/α,β-unsaturated/α-hetero) is 1. The van der Waals surface area contributed by atoms with Crippen LogP contribution >= 0.6 is 0 Å². The largest absolute Gasteiger partial charge is 0.384 e. The quantitative estimate of drug-likeness (QED) is 0.764. The molecule has 0 amide bonds. The van der Waals surface area contributed by atoms with Crippen LogP contribution in [0.5, 0.6) is 0 Å². The van der Waals surface area contributed by atoms with Crippen LogP contribution in [0.2, 0.25) is 0 Å². The van der Waals surface area contributed by atoms with Crippen molar-refractivity contribution in [3.63, 3.8) is 0 Å². The molecule has 1 rings (SSSR count). The number of hydrogen-bond acceptors (Lipinski definition) is 3. The van der Waals surface area contributed by atoms with E-state index in [2.05, 4.69) is 4.98 Å². The first-order chi connectivity index (χ1) is 7.17. The molecule has 0 aliphatic carbocycles. The van der Waals surface area contributed by atoms with E-state index in [0.717, 1.165) is 17.6 Å². The topological polar surface area (TPSA) is 56.0 Å². The van der Waals surface area contributed by atoms with Gasteiger partial charge in [0, 0.05) is 12.6 Å². The zero-order valence-electron chi connectivity index (χ0n) is 9.16. The molecule has 0 spiro atoms. The van der Waals surface area contributed by atoms with E-state index in [-0.39, 0.29) is 5.78 Å². The third-order valence-corrected chi connectivity index (χ3v) is 2.30. The summed E-state index contributed by atoms with van der Waals surface area (Å²) < 4.78 is 0. The Morgan fingerprint density at radius 3 is 2.87 bits per heavy atom. The SMILES string of the molecule is C/C=C(/CC)C(=O)Cc1ccnc(N)c1. The van der Waals surface area contributed by atoms with Gasteiger partial charge in [-0.05, 0) is 36.6 Å². The van der Waals surface area contributed by atoms with Gasteiger partial charge in [-0.15, -0.1) is 0 Å². The number of hydrogen-bond donors (Lipinski definition) is 1. The first-order valence-electron chi connectivity index (χ1n) is 5.06. The Morgan fingerprint density at radius 1 is 1.60 bits per heavy atom. The van der Waals surface area contributed by atoms with Crippen LogP contribution in [0.25, 0.3) is 0 Å². The minimum absolute atomic E-state index is 0.158. The van der Waals surface area contributed by atoms with Crippen molar-refractivity contribution in [2.45, 2.75) is 26.7 Å². The van der Waals surface area contributed by atoms with Crippen LogP contribution in [0, 0.1) is 0 Å². The minimum atomic E-state index is 0.158. The van der Waals surface area contributed by atoms with Crippen molar-refractivity contribution in [1.29, 1.82) is 0 Å². The summed E-state index contributed by atoms with van der Waals surface area (Å²) >= 11 is 0. The van der Waals surface area contributed by atoms with E-state index in [1.165, 1.54) is 0 Å². The highest BCUT2D eigenvalue weighted by molar-refractivity contribution is 5.96. The number of nitrogen functional groups attached to an aromatic ring is 1. The van der Waals surface area contributed by atoms with Crippen molar-refractivity contribution in [3.8, 4) is 0 Å². The second-order valence-corrected chi connectivity index (χ2v) is 3.36. The van der Waals surface area contributed by atoms with Crippen molar-refractivity contribution in [1.82, 2.24) is 4.98 Å². The van der Waals surface area contributed by atoms with E-state index in [1.54, 1.807) is 12.3 Å². The highest BCUT2D eigenvalue weighted by atomic mass is 16.1. The molecule has 0 aromatic carbocycles. The smallest absolute Gasteiger partial charge is 0.162 e. The molecule has 0 fully saturated rings. The fourth-order valence-electron chi connectivity index (χ4n) is 1.47. The number of rotatable bonds is 4. The number of nitrogens with two attached hydrogens (primary N) is 1. The summed E-state index contributed by atoms with van der Waals surface area (Å²) in [6.07, 6.45) is 4.67. The molecule has 0 saturated heterocycles. The van der Waals surface area contributed by atoms with Crippen LogP contribution in [-0.2, 0) is 11.2 Å². The molecule has 0 bridgehead atoms. The maximum atomic E-state index is 11.8. The molecule has 2 N–H and O–H groups in total. The van der Waals surface area contributed by atoms with Crippen LogP contribution < -0.4 is 5.73 Å². The Morgan fingerprint density at radius 2 is 2.33 bits per heavy atom. The summed E-state index contributed by atoms with van der Waals surface area (Å²) in [4.78, 5) is 15.6. The number of pyridine rings is 1. The van der Waals surface area contributed by atoms with Crippen LogP contribution in [-0.4, -0.2) is 10.8 Å². The summed E-state index contributed by atoms with van der Waals surface area (Å²) in [6, 6.07) is 3.55. The summed E-state index contributed by atoms with van der Waals surface area (Å²) in [5.74, 6) is 0.615. The summed E-state index contributed by atoms with van der Waals surface area (Å²) in [5.41, 5.74) is 7.32. The molecule has 80 valence electrons. The molecule has 15 heavy (non-hydrogen) atoms. The number of carbonyl (C=O) groups is 1. The molecule has 0 unspecified atom stereocenters. The van der Waals surface area contributed by atoms with Crippen molar-refractivity contribution >= 4 is 11.6 Å². The molecule has 0 radical (unpaired) electrons. The zero-order chi connectivity index (χ0) is 11.3. The van der Waals surface area contributed by atoms with Gasteiger partial charge < -0.3 is 5.73 Å². The fraction of sp³-hybridized carbons (Fsp3) is 0.333. The van der Waals surface area contributed by atoms with Crippen molar-refractivity contribution in [3.05, 3.63) is 35.5 Å². The Balaban J connectivity index is 2.74. The van der Waals surface area contributed by atoms with Gasteiger partial charge in [-0.3, -0.25) is 4.79 Å². The zero-order valence-corrected chi connectivity index (χ0v) is 9.16. The van der Waals surface area contributed by atoms with E-state index in [4.69, 9.17) is 5.73 Å². The van der Waals surface area contributed by atoms with Gasteiger partial charge in [-0.2, -0.15) is 0 Å². The van der Waals surface area contributed by atoms with Crippen LogP contribution in [0.4, 0.5) is 5.82 Å². The van der Waals surface area contributed by atoms with Crippen LogP contribution in [0.15, 0.2) is 30.0 Å². The lowest BCUT2D eigenvalue weighted by Crippen LogP contribution is -2.06. The Kier molecular flexibility index (Phi) is 4.03. The monoisotopic (exact) mass is 204 g/mol. The molecule has 0 saturated carbocycles. The van der Waals surface area contributed by atoms with Gasteiger partial charge in [0.05, 0.1) is 0 Å². The van der Waals surface area contributed by atoms with E-state index >= 15 is 0 Å². The number of anilines is 1. The molecule has 3 heteroatoms. The predicted octanol–water partition coefficient (Wildman–Crippen LogP) is 2.13. The van der Waals surface area contributed by atoms with Crippen molar-refractivity contribution < 1.29 is 4.79 Å². The van der Waals surface area contributed by atoms with E-state index in [9.17, 15) is 4.79 Å². The molecule has 0 aliphatic heterocycles. The molecule has 1 aromatic rings. The van der Waals surface area contributed by atoms with Gasteiger partial charge in [0.25, 0.3) is 0 Å². The lowest BCUT2D eigenvalue weighted by molar-refractivity contribution is -0.115. The first kappa shape index (κ1) is 11.4. The van der Waals surface area contributed by atoms with Gasteiger partial charge in [-0.1, -0.05) is 13.0 Å². The van der Waals surface area contributed by atoms with E-state index in [1.807, 2.05) is 26.0 Å². The highest BCUT2D eigenvalue weighted by Crippen LogP contribution is 2.09. The third kappa shape index (κ3) is 3.20. The standard InChI is InChI=1S/C12H16N2O/c1-3-10(4-2)11(15)7-9-5-6-14-12(13)8-9/h3,5-6,8H,4,7H2,1-2H3,(H2,13,14)/b10-3-. The van der Waals surface area contributed by atoms with Gasteiger partial charge in [0.15, 0.2) is 5.78 Å². The number of carbonyl (C=O) groups excluding carboxylic acids is 1. The second-order valence-electron chi connectivity index (χ2n) is 3.36. The van der Waals surface area contributed by atoms with E-state index < -0.39 is 0 Å². The van der Waals surface area contributed by atoms with Gasteiger partial charge in [0.2, 0.25) is 0 Å². The summed E-state index contributed by atoms with van der Waals surface area (Å²) in [6.45, 7) is 3.87. The molecule has 1 aromatic heterocycles. The first-order valence-corrected chi connectivity index (χ1v) is 5.06.